The number of aromatic nitrogens is 4. The monoisotopic (exact) mass is 259 g/mol. The summed E-state index contributed by atoms with van der Waals surface area (Å²) in [6.07, 6.45) is 4.87. The maximum Gasteiger partial charge on any atom is 0.261 e. The van der Waals surface area contributed by atoms with Crippen LogP contribution in [0.3, 0.4) is 0 Å². The minimum Gasteiger partial charge on any atom is -0.310 e. The lowest BCUT2D eigenvalue weighted by molar-refractivity contribution is 0.0991. The molecule has 0 unspecified atom stereocenters. The van der Waals surface area contributed by atoms with Gasteiger partial charge in [-0.2, -0.15) is 15.3 Å². The molecule has 0 fully saturated rings. The predicted octanol–water partition coefficient (Wildman–Crippen LogP) is 1.61. The molecule has 0 radical (unpaired) electrons. The largest absolute Gasteiger partial charge is 0.310 e. The lowest BCUT2D eigenvalue weighted by atomic mass is 10.1. The van der Waals surface area contributed by atoms with E-state index in [4.69, 9.17) is 0 Å². The fourth-order valence-electron chi connectivity index (χ4n) is 1.88. The van der Waals surface area contributed by atoms with Gasteiger partial charge in [0.25, 0.3) is 5.91 Å². The van der Waals surface area contributed by atoms with Gasteiger partial charge in [0.05, 0.1) is 29.3 Å². The highest BCUT2D eigenvalue weighted by Gasteiger charge is 2.21. The van der Waals surface area contributed by atoms with Crippen LogP contribution in [0.1, 0.15) is 35.8 Å². The van der Waals surface area contributed by atoms with E-state index in [1.165, 1.54) is 0 Å². The zero-order chi connectivity index (χ0) is 14.0. The summed E-state index contributed by atoms with van der Waals surface area (Å²) in [5, 5.41) is 11.8. The van der Waals surface area contributed by atoms with Crippen molar-refractivity contribution >= 4 is 11.6 Å². The molecule has 100 valence electrons. The van der Waals surface area contributed by atoms with Crippen LogP contribution in [0.5, 0.6) is 0 Å². The molecule has 2 aromatic rings. The van der Waals surface area contributed by atoms with E-state index in [0.29, 0.717) is 11.3 Å². The fourth-order valence-corrected chi connectivity index (χ4v) is 1.88. The molecule has 0 atom stereocenters. The van der Waals surface area contributed by atoms with Crippen LogP contribution in [0.4, 0.5) is 5.69 Å². The fraction of sp³-hybridized carbons (Fsp3) is 0.385. The number of nitrogens with zero attached hydrogens (tertiary/aromatic N) is 5. The number of carbonyl (C=O) groups is 1. The quantitative estimate of drug-likeness (QED) is 0.840. The first-order chi connectivity index (χ1) is 9.00. The van der Waals surface area contributed by atoms with Crippen LogP contribution < -0.4 is 4.90 Å². The summed E-state index contributed by atoms with van der Waals surface area (Å²) in [5.74, 6) is 0.105. The molecule has 6 nitrogen and oxygen atoms in total. The molecule has 2 heterocycles. The molecule has 0 aliphatic rings. The van der Waals surface area contributed by atoms with Crippen molar-refractivity contribution in [2.75, 3.05) is 11.9 Å². The zero-order valence-corrected chi connectivity index (χ0v) is 11.5. The molecule has 2 rings (SSSR count). The molecule has 0 saturated heterocycles. The average Bonchev–Trinajstić information content (AvgIpc) is 2.80. The second-order valence-corrected chi connectivity index (χ2v) is 4.72. The Kier molecular flexibility index (Phi) is 3.59. The number of amides is 1. The van der Waals surface area contributed by atoms with Crippen molar-refractivity contribution in [3.8, 4) is 0 Å². The molecule has 2 aromatic heterocycles. The number of carbonyl (C=O) groups excluding carboxylic acids is 1. The van der Waals surface area contributed by atoms with Gasteiger partial charge in [0.15, 0.2) is 0 Å². The van der Waals surface area contributed by atoms with E-state index >= 15 is 0 Å². The summed E-state index contributed by atoms with van der Waals surface area (Å²) in [4.78, 5) is 14.1. The van der Waals surface area contributed by atoms with E-state index < -0.39 is 0 Å². The topological polar surface area (TPSA) is 63.9 Å². The number of hydrogen-bond donors (Lipinski definition) is 0. The molecule has 1 amide bonds. The Hall–Kier alpha value is -2.24. The molecule has 0 aliphatic carbocycles. The van der Waals surface area contributed by atoms with Gasteiger partial charge in [0, 0.05) is 20.3 Å². The van der Waals surface area contributed by atoms with Crippen molar-refractivity contribution in [1.29, 1.82) is 0 Å². The Balaban J connectivity index is 2.34. The van der Waals surface area contributed by atoms with Crippen molar-refractivity contribution in [2.24, 2.45) is 7.05 Å². The number of rotatable bonds is 3. The highest BCUT2D eigenvalue weighted by molar-refractivity contribution is 6.06. The second-order valence-electron chi connectivity index (χ2n) is 4.72. The van der Waals surface area contributed by atoms with Crippen LogP contribution >= 0.6 is 0 Å². The van der Waals surface area contributed by atoms with Gasteiger partial charge in [-0.1, -0.05) is 13.8 Å². The van der Waals surface area contributed by atoms with Gasteiger partial charge in [-0.25, -0.2) is 0 Å². The number of anilines is 1. The zero-order valence-electron chi connectivity index (χ0n) is 11.5. The van der Waals surface area contributed by atoms with Crippen LogP contribution in [0.25, 0.3) is 0 Å². The first-order valence-electron chi connectivity index (χ1n) is 6.09. The maximum absolute atomic E-state index is 12.5. The lowest BCUT2D eigenvalue weighted by Crippen LogP contribution is -2.27. The summed E-state index contributed by atoms with van der Waals surface area (Å²) < 4.78 is 1.67. The van der Waals surface area contributed by atoms with Crippen LogP contribution in [-0.4, -0.2) is 32.9 Å². The Morgan fingerprint density at radius 3 is 2.68 bits per heavy atom. The molecule has 0 spiro atoms. The van der Waals surface area contributed by atoms with E-state index in [2.05, 4.69) is 15.3 Å². The van der Waals surface area contributed by atoms with Gasteiger partial charge in [0.1, 0.15) is 0 Å². The predicted molar refractivity (Wildman–Crippen MR) is 72.1 cm³/mol. The van der Waals surface area contributed by atoms with Gasteiger partial charge in [-0.15, -0.1) is 0 Å². The summed E-state index contributed by atoms with van der Waals surface area (Å²) in [5.41, 5.74) is 2.14. The number of aryl methyl sites for hydroxylation is 1. The van der Waals surface area contributed by atoms with Crippen LogP contribution in [0.15, 0.2) is 24.7 Å². The summed E-state index contributed by atoms with van der Waals surface area (Å²) in [6.45, 7) is 4.04. The van der Waals surface area contributed by atoms with Crippen molar-refractivity contribution in [3.63, 3.8) is 0 Å². The third kappa shape index (κ3) is 2.62. The van der Waals surface area contributed by atoms with E-state index in [1.54, 1.807) is 41.3 Å². The Labute approximate surface area is 112 Å². The SMILES string of the molecule is CC(C)c1nn(C)cc1C(=O)N(C)c1ccnnc1. The Morgan fingerprint density at radius 1 is 1.37 bits per heavy atom. The molecular weight excluding hydrogens is 242 g/mol. The van der Waals surface area contributed by atoms with E-state index in [0.717, 1.165) is 5.69 Å². The van der Waals surface area contributed by atoms with Gasteiger partial charge < -0.3 is 4.90 Å². The third-order valence-corrected chi connectivity index (χ3v) is 2.90. The smallest absolute Gasteiger partial charge is 0.261 e. The first kappa shape index (κ1) is 13.2. The molecule has 0 aromatic carbocycles. The van der Waals surface area contributed by atoms with Crippen LogP contribution in [0, 0.1) is 0 Å². The Morgan fingerprint density at radius 2 is 2.11 bits per heavy atom. The second kappa shape index (κ2) is 5.17. The standard InChI is InChI=1S/C13H17N5O/c1-9(2)12-11(8-17(3)16-12)13(19)18(4)10-5-6-14-15-7-10/h5-9H,1-4H3. The Bertz CT molecular complexity index is 576. The van der Waals surface area contributed by atoms with Crippen LogP contribution in [-0.2, 0) is 7.05 Å². The average molecular weight is 259 g/mol. The lowest BCUT2D eigenvalue weighted by Gasteiger charge is -2.16. The highest BCUT2D eigenvalue weighted by Crippen LogP contribution is 2.20. The molecular formula is C13H17N5O. The first-order valence-corrected chi connectivity index (χ1v) is 6.09. The minimum absolute atomic E-state index is 0.0928. The van der Waals surface area contributed by atoms with E-state index in [-0.39, 0.29) is 11.8 Å². The van der Waals surface area contributed by atoms with Gasteiger partial charge in [0.2, 0.25) is 0 Å². The van der Waals surface area contributed by atoms with Gasteiger partial charge in [-0.3, -0.25) is 9.48 Å². The van der Waals surface area contributed by atoms with Crippen molar-refractivity contribution in [3.05, 3.63) is 35.9 Å². The summed E-state index contributed by atoms with van der Waals surface area (Å²) in [6, 6.07) is 1.75. The third-order valence-electron chi connectivity index (χ3n) is 2.90. The van der Waals surface area contributed by atoms with E-state index in [9.17, 15) is 4.79 Å². The molecule has 0 bridgehead atoms. The summed E-state index contributed by atoms with van der Waals surface area (Å²) in [7, 11) is 3.53. The van der Waals surface area contributed by atoms with Crippen LogP contribution in [0.2, 0.25) is 0 Å². The molecule has 0 aliphatic heterocycles. The molecule has 0 N–H and O–H groups in total. The number of hydrogen-bond acceptors (Lipinski definition) is 4. The van der Waals surface area contributed by atoms with Gasteiger partial charge >= 0.3 is 0 Å². The molecule has 19 heavy (non-hydrogen) atoms. The van der Waals surface area contributed by atoms with E-state index in [1.807, 2.05) is 20.9 Å². The normalized spacial score (nSPS) is 10.8. The summed E-state index contributed by atoms with van der Waals surface area (Å²) >= 11 is 0. The molecule has 0 saturated carbocycles. The highest BCUT2D eigenvalue weighted by atomic mass is 16.2. The van der Waals surface area contributed by atoms with Crippen molar-refractivity contribution in [1.82, 2.24) is 20.0 Å². The van der Waals surface area contributed by atoms with Crippen molar-refractivity contribution < 1.29 is 4.79 Å². The maximum atomic E-state index is 12.5. The van der Waals surface area contributed by atoms with Crippen molar-refractivity contribution in [2.45, 2.75) is 19.8 Å². The van der Waals surface area contributed by atoms with Gasteiger partial charge in [-0.05, 0) is 12.0 Å². The minimum atomic E-state index is -0.0928. The molecule has 6 heteroatoms.